The van der Waals surface area contributed by atoms with E-state index in [0.29, 0.717) is 15.4 Å². The zero-order valence-electron chi connectivity index (χ0n) is 12.8. The topological polar surface area (TPSA) is 51.1 Å². The molecule has 4 nitrogen and oxygen atoms in total. The highest BCUT2D eigenvalue weighted by Crippen LogP contribution is 2.19. The first kappa shape index (κ1) is 16.4. The number of fused-ring (bicyclic) bond motifs is 1. The van der Waals surface area contributed by atoms with Crippen molar-refractivity contribution >= 4 is 38.4 Å². The number of carbonyl (C=O) groups is 1. The van der Waals surface area contributed by atoms with E-state index < -0.39 is 5.82 Å². The molecule has 0 aliphatic carbocycles. The molecular weight excluding hydrogens is 375 g/mol. The minimum absolute atomic E-state index is 0.0185. The van der Waals surface area contributed by atoms with Crippen LogP contribution in [0.15, 0.2) is 57.9 Å². The van der Waals surface area contributed by atoms with Crippen LogP contribution in [0, 0.1) is 12.7 Å². The summed E-state index contributed by atoms with van der Waals surface area (Å²) in [6, 6.07) is 11.3. The summed E-state index contributed by atoms with van der Waals surface area (Å²) in [5.74, 6) is -0.889. The highest BCUT2D eigenvalue weighted by atomic mass is 79.9. The molecule has 2 aromatic carbocycles. The molecule has 0 spiro atoms. The van der Waals surface area contributed by atoms with Crippen molar-refractivity contribution in [2.45, 2.75) is 13.5 Å². The van der Waals surface area contributed by atoms with Gasteiger partial charge in [0.25, 0.3) is 0 Å². The van der Waals surface area contributed by atoms with Gasteiger partial charge in [0.05, 0.1) is 11.2 Å². The van der Waals surface area contributed by atoms with E-state index in [0.717, 1.165) is 5.56 Å². The van der Waals surface area contributed by atoms with Gasteiger partial charge in [0.15, 0.2) is 5.43 Å². The van der Waals surface area contributed by atoms with Gasteiger partial charge in [-0.25, -0.2) is 4.39 Å². The van der Waals surface area contributed by atoms with Gasteiger partial charge >= 0.3 is 0 Å². The number of hydrogen-bond acceptors (Lipinski definition) is 2. The number of aromatic nitrogens is 1. The fraction of sp³-hybridized carbons (Fsp3) is 0.111. The Bertz CT molecular complexity index is 998. The molecular formula is C18H14BrFN2O2. The lowest BCUT2D eigenvalue weighted by Crippen LogP contribution is -2.21. The second-order valence-corrected chi connectivity index (χ2v) is 6.42. The quantitative estimate of drug-likeness (QED) is 0.740. The molecule has 0 saturated heterocycles. The Balaban J connectivity index is 1.88. The van der Waals surface area contributed by atoms with E-state index in [1.807, 2.05) is 13.0 Å². The number of carbonyl (C=O) groups excluding carboxylic acids is 1. The fourth-order valence-electron chi connectivity index (χ4n) is 2.50. The second-order valence-electron chi connectivity index (χ2n) is 5.50. The maximum atomic E-state index is 13.8. The average molecular weight is 389 g/mol. The third-order valence-electron chi connectivity index (χ3n) is 3.65. The molecule has 0 aliphatic rings. The molecule has 0 bridgehead atoms. The van der Waals surface area contributed by atoms with Crippen LogP contribution in [-0.2, 0) is 11.3 Å². The summed E-state index contributed by atoms with van der Waals surface area (Å²) in [5.41, 5.74) is 1.66. The number of nitrogens with zero attached hydrogens (tertiary/aromatic N) is 1. The maximum Gasteiger partial charge on any atom is 0.244 e. The predicted octanol–water partition coefficient (Wildman–Crippen LogP) is 3.85. The lowest BCUT2D eigenvalue weighted by atomic mass is 10.1. The summed E-state index contributed by atoms with van der Waals surface area (Å²) < 4.78 is 16.1. The van der Waals surface area contributed by atoms with Crippen molar-refractivity contribution in [2.24, 2.45) is 0 Å². The SMILES string of the molecule is Cc1ccc2c(c1)c(=O)ccn2CC(=O)Nc1ccc(Br)cc1F. The highest BCUT2D eigenvalue weighted by Gasteiger charge is 2.10. The zero-order chi connectivity index (χ0) is 17.3. The minimum atomic E-state index is -0.516. The lowest BCUT2D eigenvalue weighted by Gasteiger charge is -2.12. The molecule has 1 heterocycles. The molecule has 3 rings (SSSR count). The third-order valence-corrected chi connectivity index (χ3v) is 4.15. The molecule has 3 aromatic rings. The van der Waals surface area contributed by atoms with E-state index in [1.165, 1.54) is 18.2 Å². The van der Waals surface area contributed by atoms with Crippen molar-refractivity contribution < 1.29 is 9.18 Å². The molecule has 0 unspecified atom stereocenters. The molecule has 122 valence electrons. The summed E-state index contributed by atoms with van der Waals surface area (Å²) in [7, 11) is 0. The number of anilines is 1. The number of rotatable bonds is 3. The van der Waals surface area contributed by atoms with E-state index in [2.05, 4.69) is 21.2 Å². The Morgan fingerprint density at radius 2 is 2.00 bits per heavy atom. The van der Waals surface area contributed by atoms with Crippen LogP contribution >= 0.6 is 15.9 Å². The Morgan fingerprint density at radius 1 is 1.21 bits per heavy atom. The molecule has 6 heteroatoms. The van der Waals surface area contributed by atoms with Crippen LogP contribution in [-0.4, -0.2) is 10.5 Å². The lowest BCUT2D eigenvalue weighted by molar-refractivity contribution is -0.116. The highest BCUT2D eigenvalue weighted by molar-refractivity contribution is 9.10. The van der Waals surface area contributed by atoms with Crippen LogP contribution in [0.4, 0.5) is 10.1 Å². The zero-order valence-corrected chi connectivity index (χ0v) is 14.4. The predicted molar refractivity (Wildman–Crippen MR) is 95.7 cm³/mol. The average Bonchev–Trinajstić information content (AvgIpc) is 2.53. The normalized spacial score (nSPS) is 10.8. The van der Waals surface area contributed by atoms with Gasteiger partial charge in [0, 0.05) is 22.1 Å². The molecule has 0 fully saturated rings. The second kappa shape index (κ2) is 6.57. The number of pyridine rings is 1. The standard InChI is InChI=1S/C18H14BrFN2O2/c1-11-2-5-16-13(8-11)17(23)6-7-22(16)10-18(24)21-15-4-3-12(19)9-14(15)20/h2-9H,10H2,1H3,(H,21,24). The molecule has 24 heavy (non-hydrogen) atoms. The fourth-order valence-corrected chi connectivity index (χ4v) is 2.83. The van der Waals surface area contributed by atoms with Crippen molar-refractivity contribution in [2.75, 3.05) is 5.32 Å². The Kier molecular flexibility index (Phi) is 4.49. The number of nitrogens with one attached hydrogen (secondary N) is 1. The van der Waals surface area contributed by atoms with E-state index in [9.17, 15) is 14.0 Å². The summed E-state index contributed by atoms with van der Waals surface area (Å²) in [6.45, 7) is 1.88. The van der Waals surface area contributed by atoms with E-state index >= 15 is 0 Å². The van der Waals surface area contributed by atoms with Gasteiger partial charge in [0.1, 0.15) is 12.4 Å². The summed E-state index contributed by atoms with van der Waals surface area (Å²) in [6.07, 6.45) is 1.57. The van der Waals surface area contributed by atoms with Crippen molar-refractivity contribution in [1.82, 2.24) is 4.57 Å². The molecule has 1 amide bonds. The Morgan fingerprint density at radius 3 is 2.75 bits per heavy atom. The number of amides is 1. The molecule has 0 radical (unpaired) electrons. The Hall–Kier alpha value is -2.47. The van der Waals surface area contributed by atoms with E-state index in [4.69, 9.17) is 0 Å². The first-order chi connectivity index (χ1) is 11.4. The van der Waals surface area contributed by atoms with Gasteiger partial charge in [-0.15, -0.1) is 0 Å². The largest absolute Gasteiger partial charge is 0.338 e. The smallest absolute Gasteiger partial charge is 0.244 e. The summed E-state index contributed by atoms with van der Waals surface area (Å²) in [4.78, 5) is 24.2. The molecule has 1 aromatic heterocycles. The van der Waals surface area contributed by atoms with Gasteiger partial charge in [0.2, 0.25) is 5.91 Å². The summed E-state index contributed by atoms with van der Waals surface area (Å²) >= 11 is 3.17. The third kappa shape index (κ3) is 3.38. The summed E-state index contributed by atoms with van der Waals surface area (Å²) in [5, 5.41) is 3.10. The van der Waals surface area contributed by atoms with Crippen LogP contribution in [0.5, 0.6) is 0 Å². The number of halogens is 2. The number of benzene rings is 2. The van der Waals surface area contributed by atoms with Crippen molar-refractivity contribution in [3.63, 3.8) is 0 Å². The molecule has 0 atom stereocenters. The van der Waals surface area contributed by atoms with Crippen LogP contribution in [0.3, 0.4) is 0 Å². The first-order valence-corrected chi connectivity index (χ1v) is 8.08. The van der Waals surface area contributed by atoms with Gasteiger partial charge in [-0.1, -0.05) is 27.6 Å². The number of hydrogen-bond donors (Lipinski definition) is 1. The monoisotopic (exact) mass is 388 g/mol. The first-order valence-electron chi connectivity index (χ1n) is 7.29. The maximum absolute atomic E-state index is 13.8. The van der Waals surface area contributed by atoms with Crippen molar-refractivity contribution in [1.29, 1.82) is 0 Å². The van der Waals surface area contributed by atoms with Crippen LogP contribution in [0.1, 0.15) is 5.56 Å². The van der Waals surface area contributed by atoms with Gasteiger partial charge in [-0.3, -0.25) is 9.59 Å². The van der Waals surface area contributed by atoms with E-state index in [1.54, 1.807) is 29.0 Å². The van der Waals surface area contributed by atoms with E-state index in [-0.39, 0.29) is 23.6 Å². The molecule has 0 aliphatic heterocycles. The van der Waals surface area contributed by atoms with Crippen LogP contribution in [0.25, 0.3) is 10.9 Å². The van der Waals surface area contributed by atoms with Crippen LogP contribution in [0.2, 0.25) is 0 Å². The van der Waals surface area contributed by atoms with Crippen molar-refractivity contribution in [3.05, 3.63) is 74.7 Å². The minimum Gasteiger partial charge on any atom is -0.338 e. The van der Waals surface area contributed by atoms with Crippen molar-refractivity contribution in [3.8, 4) is 0 Å². The Labute approximate surface area is 146 Å². The van der Waals surface area contributed by atoms with Gasteiger partial charge < -0.3 is 9.88 Å². The van der Waals surface area contributed by atoms with Gasteiger partial charge in [-0.05, 0) is 37.3 Å². The van der Waals surface area contributed by atoms with Crippen LogP contribution < -0.4 is 10.7 Å². The molecule has 0 saturated carbocycles. The molecule has 1 N–H and O–H groups in total. The number of aryl methyl sites for hydroxylation is 1. The van der Waals surface area contributed by atoms with Gasteiger partial charge in [-0.2, -0.15) is 0 Å².